The molecule has 188 valence electrons. The Hall–Kier alpha value is -4.59. The monoisotopic (exact) mass is 491 g/mol. The predicted octanol–water partition coefficient (Wildman–Crippen LogP) is 5.41. The Bertz CT molecular complexity index is 1260. The van der Waals surface area contributed by atoms with E-state index in [1.807, 2.05) is 24.3 Å². The maximum Gasteiger partial charge on any atom is 0.203 e. The average Bonchev–Trinajstić information content (AvgIpc) is 2.90. The summed E-state index contributed by atoms with van der Waals surface area (Å²) in [6.45, 7) is 0. The molecular formula is C28H29NO7. The summed E-state index contributed by atoms with van der Waals surface area (Å²) in [4.78, 5) is 12.5. The number of phenolic OH excluding ortho intramolecular Hbond substituents is 1. The van der Waals surface area contributed by atoms with E-state index in [0.29, 0.717) is 39.8 Å². The normalized spacial score (nSPS) is 10.9. The number of carbonyl (C=O) groups excluding carboxylic acids is 1. The second-order valence-corrected chi connectivity index (χ2v) is 7.49. The highest BCUT2D eigenvalue weighted by molar-refractivity contribution is 6.04. The Labute approximate surface area is 210 Å². The molecule has 3 aromatic rings. The van der Waals surface area contributed by atoms with Crippen LogP contribution in [0.4, 0.5) is 5.69 Å². The predicted molar refractivity (Wildman–Crippen MR) is 140 cm³/mol. The van der Waals surface area contributed by atoms with Gasteiger partial charge < -0.3 is 34.1 Å². The Morgan fingerprint density at radius 1 is 0.778 bits per heavy atom. The van der Waals surface area contributed by atoms with Gasteiger partial charge in [-0.15, -0.1) is 0 Å². The van der Waals surface area contributed by atoms with Crippen molar-refractivity contribution >= 4 is 23.6 Å². The molecule has 36 heavy (non-hydrogen) atoms. The number of phenols is 1. The Balaban J connectivity index is 1.85. The van der Waals surface area contributed by atoms with Gasteiger partial charge in [-0.05, 0) is 47.5 Å². The van der Waals surface area contributed by atoms with Crippen LogP contribution in [0.2, 0.25) is 0 Å². The number of rotatable bonds is 11. The van der Waals surface area contributed by atoms with Gasteiger partial charge in [-0.25, -0.2) is 0 Å². The van der Waals surface area contributed by atoms with Crippen molar-refractivity contribution in [2.24, 2.45) is 0 Å². The summed E-state index contributed by atoms with van der Waals surface area (Å²) >= 11 is 0. The molecule has 0 unspecified atom stereocenters. The summed E-state index contributed by atoms with van der Waals surface area (Å²) in [6.07, 6.45) is 6.54. The van der Waals surface area contributed by atoms with Gasteiger partial charge in [0.05, 0.1) is 41.2 Å². The van der Waals surface area contributed by atoms with E-state index in [1.165, 1.54) is 19.4 Å². The van der Waals surface area contributed by atoms with E-state index in [1.54, 1.807) is 64.8 Å². The van der Waals surface area contributed by atoms with Crippen molar-refractivity contribution in [1.82, 2.24) is 0 Å². The molecule has 8 nitrogen and oxygen atoms in total. The summed E-state index contributed by atoms with van der Waals surface area (Å²) in [5, 5.41) is 13.5. The third kappa shape index (κ3) is 6.09. The van der Waals surface area contributed by atoms with E-state index in [0.717, 1.165) is 5.56 Å². The number of anilines is 1. The second kappa shape index (κ2) is 12.2. The highest BCUT2D eigenvalue weighted by atomic mass is 16.5. The van der Waals surface area contributed by atoms with Crippen LogP contribution in [-0.4, -0.2) is 46.4 Å². The van der Waals surface area contributed by atoms with Crippen LogP contribution in [0, 0.1) is 0 Å². The third-order valence-corrected chi connectivity index (χ3v) is 5.28. The van der Waals surface area contributed by atoms with Crippen LogP contribution < -0.4 is 29.0 Å². The fourth-order valence-electron chi connectivity index (χ4n) is 3.52. The van der Waals surface area contributed by atoms with Gasteiger partial charge in [0.15, 0.2) is 28.8 Å². The van der Waals surface area contributed by atoms with Gasteiger partial charge in [0.25, 0.3) is 0 Å². The summed E-state index contributed by atoms with van der Waals surface area (Å²) in [5.41, 5.74) is 2.47. The molecular weight excluding hydrogens is 462 g/mol. The minimum atomic E-state index is -0.206. The minimum Gasteiger partial charge on any atom is -0.504 e. The van der Waals surface area contributed by atoms with E-state index in [-0.39, 0.29) is 17.3 Å². The average molecular weight is 492 g/mol. The molecule has 0 aliphatic heterocycles. The molecule has 8 heteroatoms. The van der Waals surface area contributed by atoms with E-state index in [9.17, 15) is 9.90 Å². The van der Waals surface area contributed by atoms with Gasteiger partial charge in [0, 0.05) is 17.8 Å². The molecule has 0 aliphatic rings. The van der Waals surface area contributed by atoms with Crippen molar-refractivity contribution in [3.63, 3.8) is 0 Å². The lowest BCUT2D eigenvalue weighted by molar-refractivity contribution is 0.104. The number of carbonyl (C=O) groups is 1. The van der Waals surface area contributed by atoms with Gasteiger partial charge in [-0.2, -0.15) is 0 Å². The number of hydrogen-bond donors (Lipinski definition) is 2. The lowest BCUT2D eigenvalue weighted by Crippen LogP contribution is -1.98. The van der Waals surface area contributed by atoms with E-state index in [4.69, 9.17) is 23.7 Å². The number of ether oxygens (including phenoxy) is 5. The Kier molecular flexibility index (Phi) is 8.83. The number of ketones is 1. The van der Waals surface area contributed by atoms with Crippen molar-refractivity contribution in [2.75, 3.05) is 40.9 Å². The maximum absolute atomic E-state index is 12.5. The molecule has 0 fully saturated rings. The summed E-state index contributed by atoms with van der Waals surface area (Å²) in [6, 6.07) is 13.9. The molecule has 0 aliphatic carbocycles. The van der Waals surface area contributed by atoms with Gasteiger partial charge in [0.2, 0.25) is 5.75 Å². The summed E-state index contributed by atoms with van der Waals surface area (Å²) in [5.74, 6) is 2.15. The molecule has 0 spiro atoms. The Morgan fingerprint density at radius 3 is 2.00 bits per heavy atom. The van der Waals surface area contributed by atoms with Crippen molar-refractivity contribution < 1.29 is 33.6 Å². The van der Waals surface area contributed by atoms with Gasteiger partial charge in [-0.1, -0.05) is 24.3 Å². The first-order chi connectivity index (χ1) is 17.4. The van der Waals surface area contributed by atoms with Crippen molar-refractivity contribution in [3.05, 3.63) is 77.5 Å². The summed E-state index contributed by atoms with van der Waals surface area (Å²) < 4.78 is 26.7. The molecule has 3 aromatic carbocycles. The highest BCUT2D eigenvalue weighted by Gasteiger charge is 2.13. The van der Waals surface area contributed by atoms with Gasteiger partial charge in [-0.3, -0.25) is 4.79 Å². The lowest BCUT2D eigenvalue weighted by Gasteiger charge is -2.13. The van der Waals surface area contributed by atoms with Crippen LogP contribution in [-0.2, 0) is 0 Å². The topological polar surface area (TPSA) is 95.5 Å². The van der Waals surface area contributed by atoms with Crippen molar-refractivity contribution in [2.45, 2.75) is 0 Å². The number of hydrogen-bond acceptors (Lipinski definition) is 8. The second-order valence-electron chi connectivity index (χ2n) is 7.49. The molecule has 0 aromatic heterocycles. The van der Waals surface area contributed by atoms with Crippen LogP contribution in [0.25, 0.3) is 12.2 Å². The highest BCUT2D eigenvalue weighted by Crippen LogP contribution is 2.39. The number of allylic oxidation sites excluding steroid dienone is 1. The first kappa shape index (κ1) is 26.0. The number of methoxy groups -OCH3 is 5. The minimum absolute atomic E-state index is 0.0560. The number of aromatic hydroxyl groups is 1. The molecule has 0 radical (unpaired) electrons. The number of nitrogens with one attached hydrogen (secondary N) is 1. The smallest absolute Gasteiger partial charge is 0.203 e. The van der Waals surface area contributed by atoms with Gasteiger partial charge >= 0.3 is 0 Å². The fourth-order valence-corrected chi connectivity index (χ4v) is 3.52. The fraction of sp³-hybridized carbons (Fsp3) is 0.179. The van der Waals surface area contributed by atoms with Crippen LogP contribution in [0.5, 0.6) is 34.5 Å². The molecule has 0 amide bonds. The first-order valence-corrected chi connectivity index (χ1v) is 10.9. The van der Waals surface area contributed by atoms with Crippen molar-refractivity contribution in [1.29, 1.82) is 0 Å². The molecule has 2 N–H and O–H groups in total. The first-order valence-electron chi connectivity index (χ1n) is 10.9. The zero-order chi connectivity index (χ0) is 26.1. The Morgan fingerprint density at radius 2 is 1.42 bits per heavy atom. The zero-order valence-corrected chi connectivity index (χ0v) is 20.8. The van der Waals surface area contributed by atoms with E-state index < -0.39 is 0 Å². The van der Waals surface area contributed by atoms with Crippen LogP contribution in [0.3, 0.4) is 0 Å². The van der Waals surface area contributed by atoms with Crippen LogP contribution in [0.15, 0.2) is 60.8 Å². The molecule has 0 saturated carbocycles. The molecule has 0 bridgehead atoms. The molecule has 0 saturated heterocycles. The quantitative estimate of drug-likeness (QED) is 0.209. The summed E-state index contributed by atoms with van der Waals surface area (Å²) in [7, 11) is 7.65. The zero-order valence-electron chi connectivity index (χ0n) is 20.8. The molecule has 0 atom stereocenters. The number of benzene rings is 3. The third-order valence-electron chi connectivity index (χ3n) is 5.28. The lowest BCUT2D eigenvalue weighted by atomic mass is 10.1. The molecule has 0 heterocycles. The van der Waals surface area contributed by atoms with Crippen LogP contribution >= 0.6 is 0 Å². The van der Waals surface area contributed by atoms with E-state index in [2.05, 4.69) is 5.32 Å². The maximum atomic E-state index is 12.5. The van der Waals surface area contributed by atoms with Gasteiger partial charge in [0.1, 0.15) is 5.75 Å². The largest absolute Gasteiger partial charge is 0.504 e. The molecule has 3 rings (SSSR count). The van der Waals surface area contributed by atoms with Crippen LogP contribution in [0.1, 0.15) is 21.5 Å². The SMILES string of the molecule is COc1cccc(C(=O)/C=C\Nc2cc(/C=C\c3cc(OC)c(OC)c(OC)c3)cc(O)c2OC)c1. The standard InChI is InChI=1S/C28H29NO7/c1-32-21-8-6-7-20(17-21)23(30)11-12-29-22-13-18(14-24(31)27(22)35-4)9-10-19-15-25(33-2)28(36-5)26(16-19)34-3/h6-17,29,31H,1-5H3/b10-9-,12-11-. The van der Waals surface area contributed by atoms with Crippen molar-refractivity contribution in [3.8, 4) is 34.5 Å². The van der Waals surface area contributed by atoms with E-state index >= 15 is 0 Å².